The highest BCUT2D eigenvalue weighted by molar-refractivity contribution is 8.01. The van der Waals surface area contributed by atoms with Gasteiger partial charge in [0.05, 0.1) is 6.61 Å². The summed E-state index contributed by atoms with van der Waals surface area (Å²) >= 11 is 1.60. The molecule has 1 atom stereocenters. The van der Waals surface area contributed by atoms with Crippen LogP contribution in [0.3, 0.4) is 0 Å². The van der Waals surface area contributed by atoms with Gasteiger partial charge in [-0.2, -0.15) is 11.8 Å². The van der Waals surface area contributed by atoms with Gasteiger partial charge in [0.15, 0.2) is 9.84 Å². The lowest BCUT2D eigenvalue weighted by atomic mass is 10.1. The van der Waals surface area contributed by atoms with Crippen LogP contribution in [-0.2, 0) is 16.4 Å². The fraction of sp³-hybridized carbons (Fsp3) is 0.538. The van der Waals surface area contributed by atoms with E-state index in [0.29, 0.717) is 23.5 Å². The minimum atomic E-state index is -3.22. The maximum absolute atomic E-state index is 13.2. The molecule has 20 heavy (non-hydrogen) atoms. The first-order valence-electron chi connectivity index (χ1n) is 6.45. The van der Waals surface area contributed by atoms with Crippen molar-refractivity contribution in [3.8, 4) is 0 Å². The van der Waals surface area contributed by atoms with Crippen molar-refractivity contribution in [1.29, 1.82) is 0 Å². The lowest BCUT2D eigenvalue weighted by Crippen LogP contribution is -2.48. The van der Waals surface area contributed by atoms with Crippen molar-refractivity contribution in [3.63, 3.8) is 0 Å². The van der Waals surface area contributed by atoms with Crippen molar-refractivity contribution in [2.45, 2.75) is 18.9 Å². The molecular formula is C13H18FNO3S2. The summed E-state index contributed by atoms with van der Waals surface area (Å²) < 4.78 is 37.7. The Kier molecular flexibility index (Phi) is 4.93. The van der Waals surface area contributed by atoms with Crippen LogP contribution >= 0.6 is 11.8 Å². The predicted octanol–water partition coefficient (Wildman–Crippen LogP) is 1.63. The summed E-state index contributed by atoms with van der Waals surface area (Å²) in [6.07, 6.45) is 0. The van der Waals surface area contributed by atoms with Gasteiger partial charge in [0, 0.05) is 35.1 Å². The zero-order valence-electron chi connectivity index (χ0n) is 11.3. The van der Waals surface area contributed by atoms with E-state index in [1.807, 2.05) is 0 Å². The van der Waals surface area contributed by atoms with Gasteiger partial charge >= 0.3 is 0 Å². The second-order valence-corrected chi connectivity index (χ2v) is 8.20. The van der Waals surface area contributed by atoms with Crippen LogP contribution in [0.1, 0.15) is 12.5 Å². The lowest BCUT2D eigenvalue weighted by Gasteiger charge is -2.37. The van der Waals surface area contributed by atoms with Crippen LogP contribution < -0.4 is 4.90 Å². The average molecular weight is 319 g/mol. The van der Waals surface area contributed by atoms with E-state index in [2.05, 4.69) is 0 Å². The topological polar surface area (TPSA) is 57.6 Å². The van der Waals surface area contributed by atoms with Crippen LogP contribution in [0.15, 0.2) is 18.2 Å². The Morgan fingerprint density at radius 1 is 1.50 bits per heavy atom. The van der Waals surface area contributed by atoms with Crippen molar-refractivity contribution in [1.82, 2.24) is 0 Å². The molecule has 4 nitrogen and oxygen atoms in total. The van der Waals surface area contributed by atoms with Gasteiger partial charge in [-0.05, 0) is 18.2 Å². The molecule has 7 heteroatoms. The molecule has 0 radical (unpaired) electrons. The Labute approximate surface area is 122 Å². The maximum atomic E-state index is 13.2. The number of thioether (sulfide) groups is 1. The molecule has 1 aliphatic rings. The molecule has 1 aliphatic heterocycles. The van der Waals surface area contributed by atoms with Gasteiger partial charge in [-0.15, -0.1) is 0 Å². The van der Waals surface area contributed by atoms with Crippen molar-refractivity contribution >= 4 is 27.3 Å². The summed E-state index contributed by atoms with van der Waals surface area (Å²) in [6, 6.07) is 4.10. The molecule has 1 fully saturated rings. The molecule has 1 aromatic rings. The molecule has 112 valence electrons. The number of aliphatic hydroxyl groups is 1. The molecule has 1 unspecified atom stereocenters. The van der Waals surface area contributed by atoms with Crippen LogP contribution in [0.25, 0.3) is 0 Å². The summed E-state index contributed by atoms with van der Waals surface area (Å²) in [5, 5.41) is 8.76. The van der Waals surface area contributed by atoms with E-state index >= 15 is 0 Å². The van der Waals surface area contributed by atoms with Crippen LogP contribution in [0.2, 0.25) is 0 Å². The summed E-state index contributed by atoms with van der Waals surface area (Å²) in [6.45, 7) is 1.90. The predicted molar refractivity (Wildman–Crippen MR) is 80.2 cm³/mol. The summed E-state index contributed by atoms with van der Waals surface area (Å²) in [7, 11) is -3.22. The smallest absolute Gasteiger partial charge is 0.171 e. The van der Waals surface area contributed by atoms with Gasteiger partial charge < -0.3 is 10.0 Å². The van der Waals surface area contributed by atoms with Crippen LogP contribution in [0.4, 0.5) is 10.1 Å². The number of hydrogen-bond acceptors (Lipinski definition) is 5. The fourth-order valence-electron chi connectivity index (χ4n) is 2.31. The number of sulfone groups is 1. The largest absolute Gasteiger partial charge is 0.392 e. The lowest BCUT2D eigenvalue weighted by molar-refractivity contribution is 0.281. The zero-order chi connectivity index (χ0) is 14.8. The highest BCUT2D eigenvalue weighted by Gasteiger charge is 2.33. The van der Waals surface area contributed by atoms with E-state index in [4.69, 9.17) is 0 Å². The van der Waals surface area contributed by atoms with Crippen molar-refractivity contribution in [3.05, 3.63) is 29.6 Å². The minimum Gasteiger partial charge on any atom is -0.392 e. The first-order chi connectivity index (χ1) is 9.49. The van der Waals surface area contributed by atoms with E-state index in [1.165, 1.54) is 12.1 Å². The summed E-state index contributed by atoms with van der Waals surface area (Å²) in [5.74, 6) is 0.958. The molecule has 1 N–H and O–H groups in total. The highest BCUT2D eigenvalue weighted by Crippen LogP contribution is 2.30. The summed E-state index contributed by atoms with van der Waals surface area (Å²) in [4.78, 5) is 1.78. The number of benzene rings is 1. The van der Waals surface area contributed by atoms with Gasteiger partial charge in [0.2, 0.25) is 0 Å². The van der Waals surface area contributed by atoms with Crippen molar-refractivity contribution in [2.75, 3.05) is 28.7 Å². The number of hydrogen-bond donors (Lipinski definition) is 1. The molecule has 0 aliphatic carbocycles. The first-order valence-corrected chi connectivity index (χ1v) is 9.32. The van der Waals surface area contributed by atoms with Crippen LogP contribution in [0.5, 0.6) is 0 Å². The molecule has 2 rings (SSSR count). The number of rotatable bonds is 4. The molecule has 0 aromatic heterocycles. The minimum absolute atomic E-state index is 0.0738. The molecule has 1 aromatic carbocycles. The SMILES string of the molecule is CCS(=O)(=O)C1CSCCN1c1ccc(F)cc1CO. The third-order valence-corrected chi connectivity index (χ3v) is 6.71. The second kappa shape index (κ2) is 6.32. The maximum Gasteiger partial charge on any atom is 0.171 e. The fourth-order valence-corrected chi connectivity index (χ4v) is 5.29. The quantitative estimate of drug-likeness (QED) is 0.914. The van der Waals surface area contributed by atoms with E-state index in [1.54, 1.807) is 29.7 Å². The van der Waals surface area contributed by atoms with Gasteiger partial charge in [0.25, 0.3) is 0 Å². The van der Waals surface area contributed by atoms with E-state index in [-0.39, 0.29) is 12.4 Å². The molecule has 1 saturated heterocycles. The molecule has 0 bridgehead atoms. The monoisotopic (exact) mass is 319 g/mol. The van der Waals surface area contributed by atoms with E-state index in [9.17, 15) is 17.9 Å². The van der Waals surface area contributed by atoms with Gasteiger partial charge in [-0.1, -0.05) is 6.92 Å². The second-order valence-electron chi connectivity index (χ2n) is 4.61. The van der Waals surface area contributed by atoms with E-state index in [0.717, 1.165) is 5.75 Å². The third-order valence-electron chi connectivity index (χ3n) is 3.42. The standard InChI is InChI=1S/C13H18FNO3S2/c1-2-20(17,18)13-9-19-6-5-15(13)12-4-3-11(14)7-10(12)8-16/h3-4,7,13,16H,2,5-6,8-9H2,1H3. The van der Waals surface area contributed by atoms with Crippen molar-refractivity contribution in [2.24, 2.45) is 0 Å². The van der Waals surface area contributed by atoms with Crippen LogP contribution in [0, 0.1) is 5.82 Å². The number of anilines is 1. The zero-order valence-corrected chi connectivity index (χ0v) is 12.9. The van der Waals surface area contributed by atoms with Crippen molar-refractivity contribution < 1.29 is 17.9 Å². The number of halogens is 1. The third kappa shape index (κ3) is 3.10. The Hall–Kier alpha value is -0.790. The Bertz CT molecular complexity index is 577. The Balaban J connectivity index is 2.43. The molecule has 0 spiro atoms. The van der Waals surface area contributed by atoms with Gasteiger partial charge in [0.1, 0.15) is 11.2 Å². The number of aliphatic hydroxyl groups excluding tert-OH is 1. The van der Waals surface area contributed by atoms with Crippen LogP contribution in [-0.4, -0.2) is 42.7 Å². The van der Waals surface area contributed by atoms with Gasteiger partial charge in [-0.25, -0.2) is 12.8 Å². The molecule has 1 heterocycles. The van der Waals surface area contributed by atoms with Gasteiger partial charge in [-0.3, -0.25) is 0 Å². The number of nitrogens with zero attached hydrogens (tertiary/aromatic N) is 1. The van der Waals surface area contributed by atoms with E-state index < -0.39 is 21.0 Å². The average Bonchev–Trinajstić information content (AvgIpc) is 2.47. The highest BCUT2D eigenvalue weighted by atomic mass is 32.2. The normalized spacial score (nSPS) is 20.1. The first kappa shape index (κ1) is 15.6. The molecule has 0 amide bonds. The summed E-state index contributed by atoms with van der Waals surface area (Å²) in [5.41, 5.74) is 1.03. The molecular weight excluding hydrogens is 301 g/mol. The molecule has 0 saturated carbocycles. The Morgan fingerprint density at radius 3 is 2.90 bits per heavy atom. The Morgan fingerprint density at radius 2 is 2.25 bits per heavy atom.